The third-order valence-corrected chi connectivity index (χ3v) is 7.07. The first-order chi connectivity index (χ1) is 15.0. The van der Waals surface area contributed by atoms with Crippen LogP contribution in [0.15, 0.2) is 53.4 Å². The number of rotatable bonds is 9. The lowest BCUT2D eigenvalue weighted by Crippen LogP contribution is -2.51. The van der Waals surface area contributed by atoms with Crippen LogP contribution in [0.1, 0.15) is 55.7 Å². The number of benzene rings is 2. The monoisotopic (exact) mass is 438 g/mol. The molecule has 2 aromatic carbocycles. The van der Waals surface area contributed by atoms with E-state index in [0.717, 1.165) is 28.9 Å². The van der Waals surface area contributed by atoms with Crippen LogP contribution in [-0.2, 0) is 16.1 Å². The van der Waals surface area contributed by atoms with Crippen molar-refractivity contribution in [2.24, 2.45) is 0 Å². The van der Waals surface area contributed by atoms with Gasteiger partial charge in [0.2, 0.25) is 11.8 Å². The second kappa shape index (κ2) is 11.4. The number of aryl methyl sites for hydroxylation is 2. The molecular formula is C26H34N2O2S. The van der Waals surface area contributed by atoms with Gasteiger partial charge in [0.15, 0.2) is 0 Å². The van der Waals surface area contributed by atoms with Crippen LogP contribution in [0.25, 0.3) is 0 Å². The average molecular weight is 439 g/mol. The van der Waals surface area contributed by atoms with Gasteiger partial charge in [-0.15, -0.1) is 11.8 Å². The van der Waals surface area contributed by atoms with Crippen LogP contribution < -0.4 is 5.32 Å². The number of hydrogen-bond donors (Lipinski definition) is 1. The van der Waals surface area contributed by atoms with Gasteiger partial charge in [-0.05, 0) is 56.4 Å². The van der Waals surface area contributed by atoms with E-state index in [4.69, 9.17) is 0 Å². The zero-order chi connectivity index (χ0) is 22.2. The van der Waals surface area contributed by atoms with E-state index in [2.05, 4.69) is 37.4 Å². The summed E-state index contributed by atoms with van der Waals surface area (Å²) >= 11 is 1.53. The average Bonchev–Trinajstić information content (AvgIpc) is 3.27. The quantitative estimate of drug-likeness (QED) is 0.543. The Morgan fingerprint density at radius 1 is 1.06 bits per heavy atom. The molecule has 0 bridgehead atoms. The maximum atomic E-state index is 13.4. The van der Waals surface area contributed by atoms with E-state index in [-0.39, 0.29) is 17.9 Å². The number of carbonyl (C=O) groups excluding carboxylic acids is 2. The van der Waals surface area contributed by atoms with Crippen LogP contribution in [0.4, 0.5) is 0 Å². The maximum Gasteiger partial charge on any atom is 0.243 e. The number of nitrogens with one attached hydrogen (secondary N) is 1. The fourth-order valence-corrected chi connectivity index (χ4v) is 4.91. The molecule has 2 aromatic rings. The van der Waals surface area contributed by atoms with Crippen LogP contribution >= 0.6 is 11.8 Å². The van der Waals surface area contributed by atoms with Gasteiger partial charge in [-0.2, -0.15) is 0 Å². The molecule has 1 N–H and O–H groups in total. The Morgan fingerprint density at radius 3 is 2.39 bits per heavy atom. The first kappa shape index (κ1) is 23.4. The zero-order valence-electron chi connectivity index (χ0n) is 18.9. The van der Waals surface area contributed by atoms with Crippen molar-refractivity contribution < 1.29 is 9.59 Å². The van der Waals surface area contributed by atoms with Gasteiger partial charge in [-0.3, -0.25) is 9.59 Å². The van der Waals surface area contributed by atoms with Crippen molar-refractivity contribution in [1.82, 2.24) is 10.2 Å². The molecule has 0 spiro atoms. The van der Waals surface area contributed by atoms with Crippen LogP contribution in [0.3, 0.4) is 0 Å². The lowest BCUT2D eigenvalue weighted by molar-refractivity contribution is -0.139. The highest BCUT2D eigenvalue weighted by atomic mass is 32.2. The third kappa shape index (κ3) is 6.60. The summed E-state index contributed by atoms with van der Waals surface area (Å²) in [7, 11) is 0. The van der Waals surface area contributed by atoms with E-state index in [1.807, 2.05) is 37.3 Å². The largest absolute Gasteiger partial charge is 0.352 e. The molecule has 0 heterocycles. The number of carbonyl (C=O) groups is 2. The van der Waals surface area contributed by atoms with Crippen molar-refractivity contribution in [3.63, 3.8) is 0 Å². The van der Waals surface area contributed by atoms with Gasteiger partial charge in [-0.1, -0.05) is 61.7 Å². The Morgan fingerprint density at radius 2 is 1.74 bits per heavy atom. The van der Waals surface area contributed by atoms with Gasteiger partial charge in [-0.25, -0.2) is 0 Å². The van der Waals surface area contributed by atoms with Crippen molar-refractivity contribution in [1.29, 1.82) is 0 Å². The SMILES string of the molecule is CCC(C(=O)NC1CCCC1)N(Cc1ccccc1C)C(=O)CSc1ccc(C)cc1. The van der Waals surface area contributed by atoms with Gasteiger partial charge in [0, 0.05) is 17.5 Å². The maximum absolute atomic E-state index is 13.4. The molecule has 3 rings (SSSR count). The summed E-state index contributed by atoms with van der Waals surface area (Å²) in [4.78, 5) is 29.4. The lowest BCUT2D eigenvalue weighted by atomic mass is 10.1. The number of hydrogen-bond acceptors (Lipinski definition) is 3. The summed E-state index contributed by atoms with van der Waals surface area (Å²) < 4.78 is 0. The predicted molar refractivity (Wildman–Crippen MR) is 128 cm³/mol. The summed E-state index contributed by atoms with van der Waals surface area (Å²) in [6.45, 7) is 6.55. The lowest BCUT2D eigenvalue weighted by Gasteiger charge is -2.32. The molecule has 0 aromatic heterocycles. The zero-order valence-corrected chi connectivity index (χ0v) is 19.7. The van der Waals surface area contributed by atoms with E-state index in [9.17, 15) is 9.59 Å². The fraction of sp³-hybridized carbons (Fsp3) is 0.462. The molecule has 0 aliphatic heterocycles. The molecule has 0 radical (unpaired) electrons. The van der Waals surface area contributed by atoms with Crippen molar-refractivity contribution in [3.05, 3.63) is 65.2 Å². The highest BCUT2D eigenvalue weighted by Gasteiger charge is 2.30. The molecule has 1 atom stereocenters. The van der Waals surface area contributed by atoms with Crippen LogP contribution in [0, 0.1) is 13.8 Å². The van der Waals surface area contributed by atoms with Crippen molar-refractivity contribution >= 4 is 23.6 Å². The molecule has 1 saturated carbocycles. The van der Waals surface area contributed by atoms with Crippen molar-refractivity contribution in [2.45, 2.75) is 76.4 Å². The molecule has 2 amide bonds. The van der Waals surface area contributed by atoms with E-state index in [0.29, 0.717) is 18.7 Å². The third-order valence-electron chi connectivity index (χ3n) is 6.07. The molecule has 1 unspecified atom stereocenters. The number of nitrogens with zero attached hydrogens (tertiary/aromatic N) is 1. The first-order valence-corrected chi connectivity index (χ1v) is 12.3. The molecule has 1 aliphatic carbocycles. The Bertz CT molecular complexity index is 875. The van der Waals surface area contributed by atoms with Gasteiger partial charge in [0.1, 0.15) is 6.04 Å². The van der Waals surface area contributed by atoms with Gasteiger partial charge in [0.25, 0.3) is 0 Å². The first-order valence-electron chi connectivity index (χ1n) is 11.3. The van der Waals surface area contributed by atoms with E-state index in [1.165, 1.54) is 30.2 Å². The fourth-order valence-electron chi connectivity index (χ4n) is 4.12. The van der Waals surface area contributed by atoms with E-state index >= 15 is 0 Å². The summed E-state index contributed by atoms with van der Waals surface area (Å²) in [5, 5.41) is 3.21. The van der Waals surface area contributed by atoms with Crippen molar-refractivity contribution in [3.8, 4) is 0 Å². The normalized spacial score (nSPS) is 14.9. The molecule has 0 saturated heterocycles. The van der Waals surface area contributed by atoms with Crippen LogP contribution in [0.5, 0.6) is 0 Å². The van der Waals surface area contributed by atoms with Crippen LogP contribution in [-0.4, -0.2) is 34.6 Å². The van der Waals surface area contributed by atoms with Gasteiger partial charge in [0.05, 0.1) is 5.75 Å². The smallest absolute Gasteiger partial charge is 0.243 e. The number of amides is 2. The summed E-state index contributed by atoms with van der Waals surface area (Å²) in [5.41, 5.74) is 3.42. The van der Waals surface area contributed by atoms with E-state index in [1.54, 1.807) is 4.90 Å². The highest BCUT2D eigenvalue weighted by Crippen LogP contribution is 2.23. The van der Waals surface area contributed by atoms with Crippen molar-refractivity contribution in [2.75, 3.05) is 5.75 Å². The predicted octanol–water partition coefficient (Wildman–Crippen LogP) is 5.26. The van der Waals surface area contributed by atoms with E-state index < -0.39 is 6.04 Å². The molecule has 1 aliphatic rings. The summed E-state index contributed by atoms with van der Waals surface area (Å²) in [6.07, 6.45) is 5.02. The standard InChI is InChI=1S/C26H34N2O2S/c1-4-24(26(30)27-22-11-7-8-12-22)28(17-21-10-6-5-9-20(21)3)25(29)18-31-23-15-13-19(2)14-16-23/h5-6,9-10,13-16,22,24H,4,7-8,11-12,17-18H2,1-3H3,(H,27,30). The Kier molecular flexibility index (Phi) is 8.59. The number of thioether (sulfide) groups is 1. The minimum Gasteiger partial charge on any atom is -0.352 e. The summed E-state index contributed by atoms with van der Waals surface area (Å²) in [6, 6.07) is 16.1. The molecule has 1 fully saturated rings. The molecular weight excluding hydrogens is 404 g/mol. The van der Waals surface area contributed by atoms with Crippen LogP contribution in [0.2, 0.25) is 0 Å². The second-order valence-corrected chi connectivity index (χ2v) is 9.51. The minimum absolute atomic E-state index is 0.00208. The minimum atomic E-state index is -0.452. The van der Waals surface area contributed by atoms with Gasteiger partial charge >= 0.3 is 0 Å². The summed E-state index contributed by atoms with van der Waals surface area (Å²) in [5.74, 6) is 0.307. The molecule has 4 nitrogen and oxygen atoms in total. The molecule has 166 valence electrons. The second-order valence-electron chi connectivity index (χ2n) is 8.46. The molecule has 5 heteroatoms. The molecule has 31 heavy (non-hydrogen) atoms. The topological polar surface area (TPSA) is 49.4 Å². The van der Waals surface area contributed by atoms with Gasteiger partial charge < -0.3 is 10.2 Å². The Balaban J connectivity index is 1.76. The Hall–Kier alpha value is -2.27. The highest BCUT2D eigenvalue weighted by molar-refractivity contribution is 8.00. The Labute approximate surface area is 190 Å².